The van der Waals surface area contributed by atoms with Crippen LogP contribution in [0.2, 0.25) is 0 Å². The van der Waals surface area contributed by atoms with E-state index in [0.717, 1.165) is 112 Å². The molecule has 14 heteroatoms. The van der Waals surface area contributed by atoms with E-state index < -0.39 is 22.7 Å². The number of anilines is 1. The quantitative estimate of drug-likeness (QED) is 0.0940. The summed E-state index contributed by atoms with van der Waals surface area (Å²) in [5, 5.41) is 35.2. The summed E-state index contributed by atoms with van der Waals surface area (Å²) in [5.74, 6) is 0.883. The van der Waals surface area contributed by atoms with Gasteiger partial charge in [0.2, 0.25) is 0 Å². The van der Waals surface area contributed by atoms with Crippen molar-refractivity contribution in [1.82, 2.24) is 9.88 Å². The van der Waals surface area contributed by atoms with E-state index in [1.54, 1.807) is 6.20 Å². The molecule has 7 aliphatic carbocycles. The van der Waals surface area contributed by atoms with Gasteiger partial charge in [0.05, 0.1) is 16.9 Å². The highest BCUT2D eigenvalue weighted by molar-refractivity contribution is 8.76. The molecule has 1 aromatic heterocycles. The molecule has 0 radical (unpaired) electrons. The average Bonchev–Trinajstić information content (AvgIpc) is 4.13. The number of nitrogens with zero attached hydrogens (tertiary/aromatic N) is 2. The molecule has 9 unspecified atom stereocenters. The van der Waals surface area contributed by atoms with E-state index in [1.165, 1.54) is 57.1 Å². The number of pyridine rings is 1. The molecular weight excluding hydrogens is 899 g/mol. The maximum absolute atomic E-state index is 15.2. The van der Waals surface area contributed by atoms with Gasteiger partial charge in [0.15, 0.2) is 0 Å². The fourth-order valence-electron chi connectivity index (χ4n) is 15.7. The summed E-state index contributed by atoms with van der Waals surface area (Å²) in [6.45, 7) is 2.59. The van der Waals surface area contributed by atoms with Crippen molar-refractivity contribution in [1.29, 1.82) is 0 Å². The first-order valence-corrected chi connectivity index (χ1v) is 28.3. The molecule has 0 aromatic carbocycles. The maximum Gasteiger partial charge on any atom is 0.340 e. The van der Waals surface area contributed by atoms with E-state index in [-0.39, 0.29) is 84.4 Å². The number of aromatic nitrogens is 1. The topological polar surface area (TPSA) is 176 Å². The van der Waals surface area contributed by atoms with Crippen LogP contribution in [0, 0.1) is 58.2 Å². The SMILES string of the molecule is CCC1(C2=C3OC(=O)C4=C3C(CC2)CC2C3CCC5(C6=CCC(C7CCC(CC(CO)CCCO)CC7)C(O)SSCNc7cc(ccn7)C(CN7C(=O)C=CC7=O)C3=C5C(=O)O6)C42)CCCC1. The van der Waals surface area contributed by atoms with Gasteiger partial charge >= 0.3 is 11.9 Å². The lowest BCUT2D eigenvalue weighted by atomic mass is 9.42. The van der Waals surface area contributed by atoms with Crippen molar-refractivity contribution in [2.24, 2.45) is 58.2 Å². The maximum atomic E-state index is 15.2. The van der Waals surface area contributed by atoms with Crippen molar-refractivity contribution < 1.29 is 44.0 Å². The number of fused-ring (bicyclic) bond motifs is 3. The van der Waals surface area contributed by atoms with Crippen LogP contribution in [-0.2, 0) is 28.7 Å². The summed E-state index contributed by atoms with van der Waals surface area (Å²) in [4.78, 5) is 63.0. The van der Waals surface area contributed by atoms with Gasteiger partial charge in [0.1, 0.15) is 22.8 Å². The monoisotopic (exact) mass is 965 g/mol. The molecule has 7 bridgehead atoms. The highest BCUT2D eigenvalue weighted by Crippen LogP contribution is 2.73. The predicted octanol–water partition coefficient (Wildman–Crippen LogP) is 9.03. The van der Waals surface area contributed by atoms with E-state index in [0.29, 0.717) is 48.2 Å². The van der Waals surface area contributed by atoms with Gasteiger partial charge in [-0.15, -0.1) is 0 Å². The number of ether oxygens (including phenoxy) is 2. The Labute approximate surface area is 407 Å². The molecule has 12 nitrogen and oxygen atoms in total. The Kier molecular flexibility index (Phi) is 12.9. The number of aliphatic hydroxyl groups excluding tert-OH is 3. The zero-order valence-electron chi connectivity index (χ0n) is 39.3. The third kappa shape index (κ3) is 7.71. The minimum Gasteiger partial charge on any atom is -0.427 e. The van der Waals surface area contributed by atoms with Crippen molar-refractivity contribution in [2.45, 2.75) is 134 Å². The predicted molar refractivity (Wildman–Crippen MR) is 260 cm³/mol. The number of hydrogen-bond acceptors (Lipinski definition) is 13. The molecule has 5 heterocycles. The van der Waals surface area contributed by atoms with Gasteiger partial charge in [-0.3, -0.25) is 14.5 Å². The number of aliphatic hydroxyl groups is 3. The molecule has 1 aromatic rings. The summed E-state index contributed by atoms with van der Waals surface area (Å²) < 4.78 is 13.3. The van der Waals surface area contributed by atoms with E-state index in [1.807, 2.05) is 12.1 Å². The molecule has 3 saturated carbocycles. The molecule has 4 N–H and O–H groups in total. The van der Waals surface area contributed by atoms with Crippen molar-refractivity contribution in [3.05, 3.63) is 81.5 Å². The van der Waals surface area contributed by atoms with Gasteiger partial charge in [-0.05, 0) is 166 Å². The van der Waals surface area contributed by atoms with Crippen LogP contribution in [0.1, 0.15) is 134 Å². The zero-order chi connectivity index (χ0) is 46.9. The number of allylic oxidation sites excluding steroid dienone is 4. The van der Waals surface area contributed by atoms with Crippen LogP contribution < -0.4 is 5.32 Å². The average molecular weight is 966 g/mol. The van der Waals surface area contributed by atoms with Crippen molar-refractivity contribution >= 4 is 51.2 Å². The molecule has 1 spiro atoms. The van der Waals surface area contributed by atoms with Crippen LogP contribution >= 0.6 is 21.6 Å². The number of amides is 2. The van der Waals surface area contributed by atoms with Gasteiger partial charge in [-0.25, -0.2) is 14.6 Å². The van der Waals surface area contributed by atoms with Gasteiger partial charge in [0.25, 0.3) is 11.8 Å². The van der Waals surface area contributed by atoms with Crippen molar-refractivity contribution in [3.63, 3.8) is 0 Å². The lowest BCUT2D eigenvalue weighted by molar-refractivity contribution is -0.137. The Balaban J connectivity index is 1.05. The molecule has 4 aliphatic heterocycles. The summed E-state index contributed by atoms with van der Waals surface area (Å²) >= 11 is 0. The van der Waals surface area contributed by atoms with Gasteiger partial charge in [0, 0.05) is 67.0 Å². The van der Waals surface area contributed by atoms with Crippen LogP contribution in [-0.4, -0.2) is 80.0 Å². The van der Waals surface area contributed by atoms with E-state index in [4.69, 9.17) is 9.47 Å². The number of carbonyl (C=O) groups excluding carboxylic acids is 4. The number of hydrogen-bond donors (Lipinski definition) is 4. The number of carbonyl (C=O) groups is 4. The van der Waals surface area contributed by atoms with Crippen LogP contribution in [0.4, 0.5) is 5.82 Å². The lowest BCUT2D eigenvalue weighted by Gasteiger charge is -2.58. The zero-order valence-corrected chi connectivity index (χ0v) is 40.9. The highest BCUT2D eigenvalue weighted by atomic mass is 33.1. The molecule has 9 atom stereocenters. The second kappa shape index (κ2) is 18.8. The lowest BCUT2D eigenvalue weighted by Crippen LogP contribution is -2.54. The van der Waals surface area contributed by atoms with E-state index in [9.17, 15) is 29.7 Å². The minimum absolute atomic E-state index is 0.0168. The summed E-state index contributed by atoms with van der Waals surface area (Å²) in [5.41, 5.74) is 3.82. The molecule has 11 aliphatic rings. The largest absolute Gasteiger partial charge is 0.427 e. The molecule has 2 amide bonds. The smallest absolute Gasteiger partial charge is 0.340 e. The first-order chi connectivity index (χ1) is 33.1. The number of nitrogens with one attached hydrogen (secondary N) is 1. The van der Waals surface area contributed by atoms with Crippen LogP contribution in [0.5, 0.6) is 0 Å². The van der Waals surface area contributed by atoms with E-state index in [2.05, 4.69) is 23.3 Å². The van der Waals surface area contributed by atoms with Crippen LogP contribution in [0.3, 0.4) is 0 Å². The van der Waals surface area contributed by atoms with Gasteiger partial charge in [-0.1, -0.05) is 54.2 Å². The third-order valence-electron chi connectivity index (χ3n) is 18.9. The van der Waals surface area contributed by atoms with Crippen molar-refractivity contribution in [2.75, 3.05) is 31.0 Å². The Morgan fingerprint density at radius 3 is 2.50 bits per heavy atom. The summed E-state index contributed by atoms with van der Waals surface area (Å²) in [6.07, 6.45) is 23.0. The third-order valence-corrected chi connectivity index (χ3v) is 21.2. The number of esters is 2. The highest BCUT2D eigenvalue weighted by Gasteiger charge is 2.70. The second-order valence-electron chi connectivity index (χ2n) is 21.8. The van der Waals surface area contributed by atoms with Crippen LogP contribution in [0.25, 0.3) is 0 Å². The Hall–Kier alpha value is -3.69. The minimum atomic E-state index is -0.981. The standard InChI is InChI=1S/C54H67N3O9S2/c1-2-53(19-3-4-20-53)39-13-11-34-25-37-36-17-21-54(47(37)46-44(34)49(39)66-50(46)62)40-14-12-35(32-9-7-30(8-10-32)24-31(28-59)6-5-23-58)52(64)68-67-29-56-41-26-33(18-22-55-41)38(45(36)48(54)51(63)65-40)27-57-42(60)15-16-43(57)61/h14-16,18,22,26,30-32,34-38,47,52,58-59,64H,2-13,17,19-21,23-25,27-29H2,1H3,(H,55,56). The van der Waals surface area contributed by atoms with Gasteiger partial charge < -0.3 is 30.1 Å². The molecule has 68 heavy (non-hydrogen) atoms. The molecule has 1 saturated heterocycles. The van der Waals surface area contributed by atoms with Crippen LogP contribution in [0.15, 0.2) is 75.9 Å². The first-order valence-electron chi connectivity index (χ1n) is 25.9. The van der Waals surface area contributed by atoms with Gasteiger partial charge in [-0.2, -0.15) is 0 Å². The fourth-order valence-corrected chi connectivity index (χ4v) is 17.9. The summed E-state index contributed by atoms with van der Waals surface area (Å²) in [6, 6.07) is 3.91. The Morgan fingerprint density at radius 1 is 0.956 bits per heavy atom. The normalized spacial score (nSPS) is 35.6. The molecular formula is C54H67N3O9S2. The van der Waals surface area contributed by atoms with E-state index >= 15 is 4.79 Å². The molecule has 364 valence electrons. The molecule has 12 rings (SSSR count). The number of imide groups is 1. The Morgan fingerprint density at radius 2 is 1.75 bits per heavy atom. The van der Waals surface area contributed by atoms with Crippen molar-refractivity contribution in [3.8, 4) is 0 Å². The number of rotatable bonds is 11. The first kappa shape index (κ1) is 46.7. The fraction of sp³-hybridized carbons (Fsp3) is 0.648. The second-order valence-corrected chi connectivity index (χ2v) is 24.3. The molecule has 4 fully saturated rings. The summed E-state index contributed by atoms with van der Waals surface area (Å²) in [7, 11) is 2.98. The Bertz CT molecular complexity index is 2380.